The molecule has 0 saturated carbocycles. The van der Waals surface area contributed by atoms with Crippen LogP contribution in [-0.4, -0.2) is 36.1 Å². The highest BCUT2D eigenvalue weighted by molar-refractivity contribution is 6.35. The van der Waals surface area contributed by atoms with E-state index in [1.807, 2.05) is 30.3 Å². The number of nitriles is 1. The second-order valence-corrected chi connectivity index (χ2v) is 11.6. The molecule has 1 saturated heterocycles. The molecule has 1 aromatic heterocycles. The van der Waals surface area contributed by atoms with Gasteiger partial charge in [-0.3, -0.25) is 4.98 Å². The molecular weight excluding hydrogens is 595 g/mol. The summed E-state index contributed by atoms with van der Waals surface area (Å²) in [5, 5.41) is 10.2. The molecule has 0 bridgehead atoms. The highest BCUT2D eigenvalue weighted by Crippen LogP contribution is 2.38. The number of halogens is 2. The van der Waals surface area contributed by atoms with E-state index >= 15 is 0 Å². The van der Waals surface area contributed by atoms with Gasteiger partial charge in [-0.2, -0.15) is 5.26 Å². The molecule has 9 heteroatoms. The van der Waals surface area contributed by atoms with E-state index in [4.69, 9.17) is 48.4 Å². The second kappa shape index (κ2) is 15.3. The third-order valence-electron chi connectivity index (χ3n) is 7.81. The van der Waals surface area contributed by atoms with Crippen molar-refractivity contribution in [2.75, 3.05) is 26.2 Å². The zero-order chi connectivity index (χ0) is 30.9. The van der Waals surface area contributed by atoms with Crippen LogP contribution in [0.15, 0.2) is 67.0 Å². The van der Waals surface area contributed by atoms with Crippen LogP contribution in [-0.2, 0) is 19.8 Å². The zero-order valence-corrected chi connectivity index (χ0v) is 26.3. The first-order valence-corrected chi connectivity index (χ1v) is 15.6. The normalized spacial score (nSPS) is 13.1. The first kappa shape index (κ1) is 31.6. The summed E-state index contributed by atoms with van der Waals surface area (Å²) in [5.74, 6) is 1.74. The molecule has 1 aliphatic rings. The van der Waals surface area contributed by atoms with E-state index in [9.17, 15) is 0 Å². The Labute approximate surface area is 269 Å². The Morgan fingerprint density at radius 1 is 0.886 bits per heavy atom. The van der Waals surface area contributed by atoms with Crippen LogP contribution in [0.2, 0.25) is 10.0 Å². The molecule has 228 valence electrons. The van der Waals surface area contributed by atoms with Crippen LogP contribution >= 0.6 is 23.2 Å². The minimum Gasteiger partial charge on any atom is -0.492 e. The van der Waals surface area contributed by atoms with E-state index in [-0.39, 0.29) is 13.2 Å². The van der Waals surface area contributed by atoms with Gasteiger partial charge in [-0.05, 0) is 74.2 Å². The SMILES string of the molecule is Cc1c(COc2cc(OCc3cncc(C#N)c3)c(CN)cc2Cl)cccc1-c1cccc(OCCCN2CCCC2)c1Cl. The lowest BCUT2D eigenvalue weighted by Crippen LogP contribution is -2.21. The van der Waals surface area contributed by atoms with Gasteiger partial charge in [-0.1, -0.05) is 53.5 Å². The summed E-state index contributed by atoms with van der Waals surface area (Å²) in [6.07, 6.45) is 6.73. The van der Waals surface area contributed by atoms with Crippen LogP contribution in [0, 0.1) is 18.3 Å². The molecule has 0 aliphatic carbocycles. The third-order valence-corrected chi connectivity index (χ3v) is 8.50. The maximum Gasteiger partial charge on any atom is 0.142 e. The van der Waals surface area contributed by atoms with Crippen molar-refractivity contribution in [1.82, 2.24) is 9.88 Å². The average Bonchev–Trinajstić information content (AvgIpc) is 3.57. The Morgan fingerprint density at radius 2 is 1.66 bits per heavy atom. The molecule has 1 aliphatic heterocycles. The monoisotopic (exact) mass is 630 g/mol. The summed E-state index contributed by atoms with van der Waals surface area (Å²) in [6, 6.07) is 19.3. The predicted molar refractivity (Wildman–Crippen MR) is 174 cm³/mol. The summed E-state index contributed by atoms with van der Waals surface area (Å²) in [5.41, 5.74) is 11.9. The van der Waals surface area contributed by atoms with Crippen molar-refractivity contribution >= 4 is 23.2 Å². The van der Waals surface area contributed by atoms with E-state index in [1.165, 1.54) is 32.1 Å². The molecule has 4 aromatic rings. The van der Waals surface area contributed by atoms with E-state index < -0.39 is 0 Å². The van der Waals surface area contributed by atoms with Crippen LogP contribution in [0.5, 0.6) is 17.2 Å². The second-order valence-electron chi connectivity index (χ2n) is 10.8. The van der Waals surface area contributed by atoms with E-state index in [0.717, 1.165) is 46.3 Å². The number of hydrogen-bond acceptors (Lipinski definition) is 7. The number of pyridine rings is 1. The summed E-state index contributed by atoms with van der Waals surface area (Å²) in [7, 11) is 0. The van der Waals surface area contributed by atoms with Gasteiger partial charge in [-0.15, -0.1) is 0 Å². The molecule has 2 heterocycles. The highest BCUT2D eigenvalue weighted by Gasteiger charge is 2.16. The summed E-state index contributed by atoms with van der Waals surface area (Å²) in [6.45, 7) is 6.88. The quantitative estimate of drug-likeness (QED) is 0.151. The van der Waals surface area contributed by atoms with Crippen molar-refractivity contribution in [2.24, 2.45) is 5.73 Å². The van der Waals surface area contributed by atoms with Crippen LogP contribution in [0.1, 0.15) is 47.1 Å². The summed E-state index contributed by atoms with van der Waals surface area (Å²) >= 11 is 13.5. The van der Waals surface area contributed by atoms with Crippen LogP contribution < -0.4 is 19.9 Å². The molecular formula is C35H36Cl2N4O3. The van der Waals surface area contributed by atoms with Gasteiger partial charge in [0.05, 0.1) is 22.2 Å². The van der Waals surface area contributed by atoms with Gasteiger partial charge < -0.3 is 24.8 Å². The van der Waals surface area contributed by atoms with Crippen molar-refractivity contribution in [2.45, 2.75) is 45.9 Å². The predicted octanol–water partition coefficient (Wildman–Crippen LogP) is 7.72. The topological polar surface area (TPSA) is 93.6 Å². The van der Waals surface area contributed by atoms with Crippen LogP contribution in [0.25, 0.3) is 11.1 Å². The maximum absolute atomic E-state index is 9.16. The lowest BCUT2D eigenvalue weighted by Gasteiger charge is -2.18. The van der Waals surface area contributed by atoms with Crippen molar-refractivity contribution in [3.63, 3.8) is 0 Å². The molecule has 5 rings (SSSR count). The lowest BCUT2D eigenvalue weighted by molar-refractivity contribution is 0.263. The fourth-order valence-corrected chi connectivity index (χ4v) is 5.89. The molecule has 3 aromatic carbocycles. The average molecular weight is 632 g/mol. The molecule has 0 unspecified atom stereocenters. The molecule has 1 fully saturated rings. The van der Waals surface area contributed by atoms with Crippen molar-refractivity contribution in [3.8, 4) is 34.4 Å². The number of rotatable bonds is 13. The fourth-order valence-electron chi connectivity index (χ4n) is 5.36. The summed E-state index contributed by atoms with van der Waals surface area (Å²) in [4.78, 5) is 6.58. The number of likely N-dealkylation sites (tertiary alicyclic amines) is 1. The van der Waals surface area contributed by atoms with Crippen LogP contribution in [0.3, 0.4) is 0 Å². The Morgan fingerprint density at radius 3 is 2.45 bits per heavy atom. The van der Waals surface area contributed by atoms with Gasteiger partial charge in [0.25, 0.3) is 0 Å². The zero-order valence-electron chi connectivity index (χ0n) is 24.8. The molecule has 2 N–H and O–H groups in total. The van der Waals surface area contributed by atoms with Crippen molar-refractivity contribution in [1.29, 1.82) is 5.26 Å². The van der Waals surface area contributed by atoms with Gasteiger partial charge in [-0.25, -0.2) is 0 Å². The van der Waals surface area contributed by atoms with E-state index in [2.05, 4.69) is 28.9 Å². The van der Waals surface area contributed by atoms with Crippen molar-refractivity contribution in [3.05, 3.63) is 105 Å². The molecule has 7 nitrogen and oxygen atoms in total. The van der Waals surface area contributed by atoms with Gasteiger partial charge >= 0.3 is 0 Å². The van der Waals surface area contributed by atoms with Gasteiger partial charge in [0.1, 0.15) is 36.5 Å². The maximum atomic E-state index is 9.16. The van der Waals surface area contributed by atoms with Gasteiger partial charge in [0, 0.05) is 48.2 Å². The van der Waals surface area contributed by atoms with Crippen molar-refractivity contribution < 1.29 is 14.2 Å². The number of aromatic nitrogens is 1. The minimum atomic E-state index is 0.222. The van der Waals surface area contributed by atoms with Gasteiger partial charge in [0.15, 0.2) is 0 Å². The Bertz CT molecular complexity index is 1630. The standard InChI is InChI=1S/C35H36Cl2N4O3/c1-24-27(7-4-8-29(24)30-9-5-10-32(35(30)37)42-14-6-13-41-11-2-3-12-41)23-44-34-17-33(28(19-39)16-31(34)36)43-22-26-15-25(18-38)20-40-21-26/h4-5,7-10,15-17,20-21H,2-3,6,11-14,19,22-23,39H2,1H3. The lowest BCUT2D eigenvalue weighted by atomic mass is 9.96. The largest absolute Gasteiger partial charge is 0.492 e. The Hall–Kier alpha value is -3.80. The number of hydrogen-bond donors (Lipinski definition) is 1. The molecule has 44 heavy (non-hydrogen) atoms. The smallest absolute Gasteiger partial charge is 0.142 e. The van der Waals surface area contributed by atoms with Gasteiger partial charge in [0.2, 0.25) is 0 Å². The summed E-state index contributed by atoms with van der Waals surface area (Å²) < 4.78 is 18.4. The van der Waals surface area contributed by atoms with E-state index in [1.54, 1.807) is 24.4 Å². The number of benzene rings is 3. The highest BCUT2D eigenvalue weighted by atomic mass is 35.5. The molecule has 0 amide bonds. The number of nitrogens with two attached hydrogens (primary N) is 1. The number of ether oxygens (including phenoxy) is 3. The Balaban J connectivity index is 1.27. The third kappa shape index (κ3) is 7.82. The number of nitrogens with zero attached hydrogens (tertiary/aromatic N) is 3. The molecule has 0 spiro atoms. The Kier molecular flexibility index (Phi) is 11.0. The van der Waals surface area contributed by atoms with Crippen LogP contribution in [0.4, 0.5) is 0 Å². The molecule has 0 atom stereocenters. The minimum absolute atomic E-state index is 0.222. The molecule has 0 radical (unpaired) electrons. The first-order chi connectivity index (χ1) is 21.5. The fraction of sp³-hybridized carbons (Fsp3) is 0.314. The van der Waals surface area contributed by atoms with E-state index in [0.29, 0.717) is 46.1 Å². The first-order valence-electron chi connectivity index (χ1n) is 14.8.